The second-order valence-corrected chi connectivity index (χ2v) is 11.4. The summed E-state index contributed by atoms with van der Waals surface area (Å²) in [5.41, 5.74) is 0. The fourth-order valence-electron chi connectivity index (χ4n) is 6.06. The molecule has 8 heteroatoms. The van der Waals surface area contributed by atoms with Crippen LogP contribution in [0.4, 0.5) is 0 Å². The third kappa shape index (κ3) is 4.81. The molecule has 3 aliphatic rings. The highest BCUT2D eigenvalue weighted by Gasteiger charge is 2.73. The first-order chi connectivity index (χ1) is 16.4. The number of carbonyl (C=O) groups excluding carboxylic acids is 3. The van der Waals surface area contributed by atoms with E-state index in [2.05, 4.69) is 20.1 Å². The Kier molecular flexibility index (Phi) is 9.27. The number of hydrogen-bond acceptors (Lipinski definition) is 5. The summed E-state index contributed by atoms with van der Waals surface area (Å²) < 4.78 is -0.558. The third-order valence-corrected chi connectivity index (χ3v) is 9.55. The monoisotopic (exact) mass is 491 g/mol. The molecule has 3 amide bonds. The van der Waals surface area contributed by atoms with Crippen LogP contribution in [0.3, 0.4) is 0 Å². The minimum absolute atomic E-state index is 0.0171. The molecule has 0 aliphatic carbocycles. The lowest BCUT2D eigenvalue weighted by molar-refractivity contribution is -0.144. The minimum Gasteiger partial charge on any atom is -0.396 e. The maximum Gasteiger partial charge on any atom is 0.247 e. The predicted molar refractivity (Wildman–Crippen MR) is 136 cm³/mol. The van der Waals surface area contributed by atoms with Crippen molar-refractivity contribution >= 4 is 29.5 Å². The number of nitrogens with zero attached hydrogens (tertiary/aromatic N) is 3. The van der Waals surface area contributed by atoms with E-state index in [0.29, 0.717) is 39.0 Å². The van der Waals surface area contributed by atoms with E-state index in [0.717, 1.165) is 32.1 Å². The lowest BCUT2D eigenvalue weighted by Crippen LogP contribution is -2.55. The molecule has 0 radical (unpaired) electrons. The lowest BCUT2D eigenvalue weighted by Gasteiger charge is -2.37. The molecular formula is C26H41N3O4S. The van der Waals surface area contributed by atoms with E-state index < -0.39 is 22.6 Å². The molecular weight excluding hydrogens is 450 g/mol. The molecule has 2 unspecified atom stereocenters. The van der Waals surface area contributed by atoms with E-state index in [1.807, 2.05) is 4.90 Å². The first kappa shape index (κ1) is 26.8. The van der Waals surface area contributed by atoms with Gasteiger partial charge in [-0.05, 0) is 32.1 Å². The first-order valence-electron chi connectivity index (χ1n) is 12.7. The molecule has 0 saturated carbocycles. The van der Waals surface area contributed by atoms with Crippen LogP contribution in [0.2, 0.25) is 0 Å². The van der Waals surface area contributed by atoms with Gasteiger partial charge in [-0.15, -0.1) is 24.9 Å². The average Bonchev–Trinajstić information content (AvgIpc) is 3.46. The van der Waals surface area contributed by atoms with Gasteiger partial charge in [0.15, 0.2) is 0 Å². The number of likely N-dealkylation sites (N-methyl/N-ethyl adjacent to an activating group) is 1. The number of carbonyl (C=O) groups is 3. The van der Waals surface area contributed by atoms with Crippen molar-refractivity contribution in [2.24, 2.45) is 11.8 Å². The molecule has 3 rings (SSSR count). The second kappa shape index (κ2) is 11.8. The normalized spacial score (nSPS) is 29.3. The highest BCUT2D eigenvalue weighted by molar-refractivity contribution is 8.02. The van der Waals surface area contributed by atoms with Crippen LogP contribution in [0, 0.1) is 11.8 Å². The van der Waals surface area contributed by atoms with Crippen LogP contribution < -0.4 is 0 Å². The molecule has 34 heavy (non-hydrogen) atoms. The third-order valence-electron chi connectivity index (χ3n) is 7.60. The number of hydrogen-bond donors (Lipinski definition) is 1. The van der Waals surface area contributed by atoms with E-state index in [1.54, 1.807) is 40.8 Å². The van der Waals surface area contributed by atoms with E-state index in [1.165, 1.54) is 0 Å². The molecule has 3 aliphatic heterocycles. The smallest absolute Gasteiger partial charge is 0.247 e. The molecule has 3 fully saturated rings. The topological polar surface area (TPSA) is 81.2 Å². The summed E-state index contributed by atoms with van der Waals surface area (Å²) in [7, 11) is 1.76. The SMILES string of the molecule is C=CCN(C)C(=O)[C@@H]1[C@@H]2CCC3(S2)C(C(=O)N(CC=C)CCCCC)N(CCCCO)C(=O)[C@H]13. The summed E-state index contributed by atoms with van der Waals surface area (Å²) >= 11 is 1.71. The van der Waals surface area contributed by atoms with Crippen molar-refractivity contribution in [1.29, 1.82) is 0 Å². The molecule has 0 aromatic carbocycles. The summed E-state index contributed by atoms with van der Waals surface area (Å²) in [6, 6.07) is -0.567. The van der Waals surface area contributed by atoms with Crippen LogP contribution in [0.1, 0.15) is 51.9 Å². The molecule has 190 valence electrons. The number of fused-ring (bicyclic) bond motifs is 1. The summed E-state index contributed by atoms with van der Waals surface area (Å²) in [4.78, 5) is 46.6. The van der Waals surface area contributed by atoms with Gasteiger partial charge in [0.2, 0.25) is 17.7 Å². The maximum absolute atomic E-state index is 14.1. The van der Waals surface area contributed by atoms with Crippen molar-refractivity contribution in [3.8, 4) is 0 Å². The van der Waals surface area contributed by atoms with Crippen molar-refractivity contribution in [2.45, 2.75) is 67.9 Å². The Bertz CT molecular complexity index is 790. The van der Waals surface area contributed by atoms with Gasteiger partial charge in [0.25, 0.3) is 0 Å². The predicted octanol–water partition coefficient (Wildman–Crippen LogP) is 2.70. The summed E-state index contributed by atoms with van der Waals surface area (Å²) in [5, 5.41) is 9.37. The highest BCUT2D eigenvalue weighted by Crippen LogP contribution is 2.66. The van der Waals surface area contributed by atoms with Gasteiger partial charge in [-0.1, -0.05) is 31.9 Å². The first-order valence-corrected chi connectivity index (χ1v) is 13.6. The molecule has 5 atom stereocenters. The van der Waals surface area contributed by atoms with E-state index in [9.17, 15) is 19.5 Å². The van der Waals surface area contributed by atoms with E-state index in [-0.39, 0.29) is 29.6 Å². The molecule has 0 aromatic rings. The number of rotatable bonds is 14. The average molecular weight is 492 g/mol. The zero-order chi connectivity index (χ0) is 24.9. The van der Waals surface area contributed by atoms with Gasteiger partial charge in [0.1, 0.15) is 6.04 Å². The van der Waals surface area contributed by atoms with Crippen LogP contribution in [-0.4, -0.2) is 93.4 Å². The number of thioether (sulfide) groups is 1. The second-order valence-electron chi connectivity index (χ2n) is 9.81. The molecule has 1 N–H and O–H groups in total. The van der Waals surface area contributed by atoms with Gasteiger partial charge in [-0.2, -0.15) is 0 Å². The Balaban J connectivity index is 1.95. The zero-order valence-corrected chi connectivity index (χ0v) is 21.6. The Morgan fingerprint density at radius 3 is 2.56 bits per heavy atom. The van der Waals surface area contributed by atoms with Gasteiger partial charge < -0.3 is 19.8 Å². The van der Waals surface area contributed by atoms with Gasteiger partial charge >= 0.3 is 0 Å². The largest absolute Gasteiger partial charge is 0.396 e. The Morgan fingerprint density at radius 1 is 1.18 bits per heavy atom. The van der Waals surface area contributed by atoms with Crippen LogP contribution in [0.5, 0.6) is 0 Å². The van der Waals surface area contributed by atoms with Crippen LogP contribution in [-0.2, 0) is 14.4 Å². The number of amides is 3. The molecule has 7 nitrogen and oxygen atoms in total. The molecule has 0 aromatic heterocycles. The van der Waals surface area contributed by atoms with Gasteiger partial charge in [0.05, 0.1) is 16.6 Å². The number of unbranched alkanes of at least 4 members (excludes halogenated alkanes) is 3. The van der Waals surface area contributed by atoms with Crippen molar-refractivity contribution in [3.05, 3.63) is 25.3 Å². The zero-order valence-electron chi connectivity index (χ0n) is 20.8. The van der Waals surface area contributed by atoms with Crippen LogP contribution in [0.25, 0.3) is 0 Å². The van der Waals surface area contributed by atoms with Crippen molar-refractivity contribution in [2.75, 3.05) is 39.8 Å². The molecule has 1 spiro atoms. The fraction of sp³-hybridized carbons (Fsp3) is 0.731. The standard InChI is InChI=1S/C26H41N3O4S/c1-5-8-9-16-28(15-7-3)25(33)22-26-13-12-19(34-26)20(23(31)27(4)14-6-2)21(26)24(32)29(22)17-10-11-18-30/h6-7,19-22,30H,2-3,5,8-18H2,1,4H3/t19-,20+,21-,22?,26?/m0/s1. The lowest BCUT2D eigenvalue weighted by atomic mass is 9.70. The van der Waals surface area contributed by atoms with Crippen molar-refractivity contribution in [1.82, 2.24) is 14.7 Å². The fourth-order valence-corrected chi connectivity index (χ4v) is 8.27. The number of aliphatic hydroxyl groups excluding tert-OH is 1. The summed E-state index contributed by atoms with van der Waals surface area (Å²) in [6.07, 6.45) is 9.31. The molecule has 3 heterocycles. The maximum atomic E-state index is 14.1. The summed E-state index contributed by atoms with van der Waals surface area (Å²) in [5.74, 6) is -0.978. The Labute approximate surface area is 208 Å². The Morgan fingerprint density at radius 2 is 1.91 bits per heavy atom. The van der Waals surface area contributed by atoms with Crippen molar-refractivity contribution in [3.63, 3.8) is 0 Å². The van der Waals surface area contributed by atoms with Crippen molar-refractivity contribution < 1.29 is 19.5 Å². The quantitative estimate of drug-likeness (QED) is 0.299. The highest BCUT2D eigenvalue weighted by atomic mass is 32.2. The van der Waals surface area contributed by atoms with Gasteiger partial charge in [0, 0.05) is 45.1 Å². The van der Waals surface area contributed by atoms with E-state index >= 15 is 0 Å². The number of likely N-dealkylation sites (tertiary alicyclic amines) is 1. The van der Waals surface area contributed by atoms with Gasteiger partial charge in [-0.3, -0.25) is 14.4 Å². The number of aliphatic hydroxyl groups is 1. The van der Waals surface area contributed by atoms with Crippen LogP contribution >= 0.6 is 11.8 Å². The molecule has 2 bridgehead atoms. The minimum atomic E-state index is -0.567. The van der Waals surface area contributed by atoms with Crippen LogP contribution in [0.15, 0.2) is 25.3 Å². The van der Waals surface area contributed by atoms with E-state index in [4.69, 9.17) is 0 Å². The Hall–Kier alpha value is -1.80. The summed E-state index contributed by atoms with van der Waals surface area (Å²) in [6.45, 7) is 11.8. The molecule has 3 saturated heterocycles. The van der Waals surface area contributed by atoms with Gasteiger partial charge in [-0.25, -0.2) is 0 Å².